The third kappa shape index (κ3) is 5.54. The van der Waals surface area contributed by atoms with Gasteiger partial charge in [0.25, 0.3) is 0 Å². The molecule has 1 aromatic rings. The molecule has 4 heteroatoms. The fraction of sp³-hybridized carbons (Fsp3) is 0.727. The van der Waals surface area contributed by atoms with Gasteiger partial charge in [-0.15, -0.1) is 0 Å². The van der Waals surface area contributed by atoms with Crippen LogP contribution in [0.2, 0.25) is 0 Å². The number of hydrogen-bond donors (Lipinski definition) is 2. The second kappa shape index (κ2) is 7.43. The van der Waals surface area contributed by atoms with Crippen LogP contribution < -0.4 is 5.32 Å². The Balaban J connectivity index is 1.93. The number of aryl methyl sites for hydroxylation is 1. The minimum absolute atomic E-state index is 0.311. The molecule has 86 valence electrons. The normalized spacial score (nSPS) is 10.8. The summed E-state index contributed by atoms with van der Waals surface area (Å²) in [5.74, 6) is 0.856. The summed E-state index contributed by atoms with van der Waals surface area (Å²) in [5, 5.41) is 15.8. The summed E-state index contributed by atoms with van der Waals surface area (Å²) in [6, 6.07) is 1.94. The molecule has 0 fully saturated rings. The lowest BCUT2D eigenvalue weighted by molar-refractivity contribution is 0.282. The van der Waals surface area contributed by atoms with Gasteiger partial charge in [-0.2, -0.15) is 0 Å². The zero-order valence-electron chi connectivity index (χ0n) is 9.33. The van der Waals surface area contributed by atoms with Crippen LogP contribution in [0.5, 0.6) is 0 Å². The van der Waals surface area contributed by atoms with Gasteiger partial charge in [0.1, 0.15) is 5.76 Å². The maximum atomic E-state index is 8.59. The van der Waals surface area contributed by atoms with E-state index < -0.39 is 0 Å². The van der Waals surface area contributed by atoms with Crippen LogP contribution in [0, 0.1) is 6.92 Å². The molecule has 0 spiro atoms. The van der Waals surface area contributed by atoms with Gasteiger partial charge in [-0.1, -0.05) is 18.0 Å². The maximum absolute atomic E-state index is 8.59. The molecule has 0 aliphatic rings. The Kier molecular flexibility index (Phi) is 6.04. The van der Waals surface area contributed by atoms with Gasteiger partial charge in [0.15, 0.2) is 0 Å². The zero-order chi connectivity index (χ0) is 10.9. The van der Waals surface area contributed by atoms with Crippen molar-refractivity contribution in [2.75, 3.05) is 13.2 Å². The van der Waals surface area contributed by atoms with E-state index in [2.05, 4.69) is 10.5 Å². The summed E-state index contributed by atoms with van der Waals surface area (Å²) in [6.07, 6.45) is 4.35. The average molecular weight is 212 g/mol. The summed E-state index contributed by atoms with van der Waals surface area (Å²) in [6.45, 7) is 3.98. The second-order valence-electron chi connectivity index (χ2n) is 3.74. The fourth-order valence-corrected chi connectivity index (χ4v) is 1.43. The lowest BCUT2D eigenvalue weighted by atomic mass is 10.2. The Morgan fingerprint density at radius 2 is 2.13 bits per heavy atom. The Morgan fingerprint density at radius 3 is 2.80 bits per heavy atom. The number of aliphatic hydroxyl groups excluding tert-OH is 1. The van der Waals surface area contributed by atoms with Gasteiger partial charge >= 0.3 is 0 Å². The van der Waals surface area contributed by atoms with E-state index in [1.54, 1.807) is 0 Å². The number of hydrogen-bond acceptors (Lipinski definition) is 4. The maximum Gasteiger partial charge on any atom is 0.133 e. The number of nitrogens with zero attached hydrogens (tertiary/aromatic N) is 1. The molecule has 15 heavy (non-hydrogen) atoms. The quantitative estimate of drug-likeness (QED) is 0.643. The highest BCUT2D eigenvalue weighted by molar-refractivity contribution is 5.02. The van der Waals surface area contributed by atoms with Crippen molar-refractivity contribution < 1.29 is 9.63 Å². The standard InChI is InChI=1S/C11H20N2O2/c1-10-8-11(13-15-10)9-12-6-4-2-3-5-7-14/h8,12,14H,2-7,9H2,1H3. The number of aliphatic hydroxyl groups is 1. The average Bonchev–Trinajstić information content (AvgIpc) is 2.63. The number of rotatable bonds is 8. The summed E-state index contributed by atoms with van der Waals surface area (Å²) in [5.41, 5.74) is 0.961. The third-order valence-electron chi connectivity index (χ3n) is 2.24. The molecule has 1 aromatic heterocycles. The van der Waals surface area contributed by atoms with Crippen molar-refractivity contribution in [3.05, 3.63) is 17.5 Å². The van der Waals surface area contributed by atoms with Gasteiger partial charge < -0.3 is 14.9 Å². The summed E-state index contributed by atoms with van der Waals surface area (Å²) >= 11 is 0. The van der Waals surface area contributed by atoms with E-state index in [0.717, 1.165) is 43.8 Å². The van der Waals surface area contributed by atoms with Crippen molar-refractivity contribution in [1.82, 2.24) is 10.5 Å². The molecule has 0 unspecified atom stereocenters. The first-order valence-corrected chi connectivity index (χ1v) is 5.56. The van der Waals surface area contributed by atoms with E-state index >= 15 is 0 Å². The molecular formula is C11H20N2O2. The lowest BCUT2D eigenvalue weighted by Gasteiger charge is -2.01. The van der Waals surface area contributed by atoms with Gasteiger partial charge in [-0.05, 0) is 26.3 Å². The highest BCUT2D eigenvalue weighted by atomic mass is 16.5. The Labute approximate surface area is 90.7 Å². The number of nitrogens with one attached hydrogen (secondary N) is 1. The molecule has 0 saturated carbocycles. The van der Waals surface area contributed by atoms with Crippen molar-refractivity contribution >= 4 is 0 Å². The highest BCUT2D eigenvalue weighted by Crippen LogP contribution is 2.01. The van der Waals surface area contributed by atoms with E-state index in [-0.39, 0.29) is 0 Å². The van der Waals surface area contributed by atoms with Crippen molar-refractivity contribution in [3.63, 3.8) is 0 Å². The molecule has 1 heterocycles. The molecule has 0 atom stereocenters. The van der Waals surface area contributed by atoms with Crippen LogP contribution >= 0.6 is 0 Å². The van der Waals surface area contributed by atoms with Gasteiger partial charge in [0.05, 0.1) is 5.69 Å². The smallest absolute Gasteiger partial charge is 0.133 e. The van der Waals surface area contributed by atoms with Crippen LogP contribution in [0.25, 0.3) is 0 Å². The first kappa shape index (κ1) is 12.2. The number of unbranched alkanes of at least 4 members (excludes halogenated alkanes) is 3. The SMILES string of the molecule is Cc1cc(CNCCCCCCO)no1. The van der Waals surface area contributed by atoms with Crippen LogP contribution in [0.1, 0.15) is 37.1 Å². The fourth-order valence-electron chi connectivity index (χ4n) is 1.43. The summed E-state index contributed by atoms with van der Waals surface area (Å²) in [7, 11) is 0. The predicted octanol–water partition coefficient (Wildman–Crippen LogP) is 1.63. The van der Waals surface area contributed by atoms with E-state index in [4.69, 9.17) is 9.63 Å². The minimum atomic E-state index is 0.311. The van der Waals surface area contributed by atoms with Crippen molar-refractivity contribution in [2.45, 2.75) is 39.2 Å². The van der Waals surface area contributed by atoms with Crippen LogP contribution in [-0.2, 0) is 6.54 Å². The molecule has 0 aromatic carbocycles. The summed E-state index contributed by atoms with van der Waals surface area (Å²) in [4.78, 5) is 0. The Bertz CT molecular complexity index is 261. The van der Waals surface area contributed by atoms with Crippen LogP contribution in [-0.4, -0.2) is 23.4 Å². The molecule has 4 nitrogen and oxygen atoms in total. The minimum Gasteiger partial charge on any atom is -0.396 e. The van der Waals surface area contributed by atoms with Crippen LogP contribution in [0.4, 0.5) is 0 Å². The molecule has 0 aliphatic heterocycles. The van der Waals surface area contributed by atoms with Crippen LogP contribution in [0.15, 0.2) is 10.6 Å². The van der Waals surface area contributed by atoms with E-state index in [1.165, 1.54) is 6.42 Å². The third-order valence-corrected chi connectivity index (χ3v) is 2.24. The lowest BCUT2D eigenvalue weighted by Crippen LogP contribution is -2.14. The monoisotopic (exact) mass is 212 g/mol. The van der Waals surface area contributed by atoms with Crippen molar-refractivity contribution in [1.29, 1.82) is 0 Å². The van der Waals surface area contributed by atoms with Gasteiger partial charge in [-0.25, -0.2) is 0 Å². The summed E-state index contributed by atoms with van der Waals surface area (Å²) < 4.78 is 4.96. The molecule has 0 radical (unpaired) electrons. The first-order valence-electron chi connectivity index (χ1n) is 5.56. The van der Waals surface area contributed by atoms with Crippen molar-refractivity contribution in [2.24, 2.45) is 0 Å². The highest BCUT2D eigenvalue weighted by Gasteiger charge is 1.98. The number of aromatic nitrogens is 1. The first-order chi connectivity index (χ1) is 7.33. The second-order valence-corrected chi connectivity index (χ2v) is 3.74. The molecule has 0 amide bonds. The zero-order valence-corrected chi connectivity index (χ0v) is 9.33. The molecule has 2 N–H and O–H groups in total. The molecular weight excluding hydrogens is 192 g/mol. The molecule has 0 bridgehead atoms. The molecule has 0 aliphatic carbocycles. The van der Waals surface area contributed by atoms with Gasteiger partial charge in [0.2, 0.25) is 0 Å². The Morgan fingerprint density at radius 1 is 1.33 bits per heavy atom. The Hall–Kier alpha value is -0.870. The van der Waals surface area contributed by atoms with E-state index in [0.29, 0.717) is 6.61 Å². The molecule has 1 rings (SSSR count). The molecule has 0 saturated heterocycles. The van der Waals surface area contributed by atoms with Crippen LogP contribution in [0.3, 0.4) is 0 Å². The van der Waals surface area contributed by atoms with E-state index in [9.17, 15) is 0 Å². The predicted molar refractivity (Wildman–Crippen MR) is 58.5 cm³/mol. The van der Waals surface area contributed by atoms with Gasteiger partial charge in [-0.3, -0.25) is 0 Å². The van der Waals surface area contributed by atoms with Crippen molar-refractivity contribution in [3.8, 4) is 0 Å². The van der Waals surface area contributed by atoms with Gasteiger partial charge in [0, 0.05) is 19.2 Å². The van der Waals surface area contributed by atoms with E-state index in [1.807, 2.05) is 13.0 Å². The topological polar surface area (TPSA) is 58.3 Å². The largest absolute Gasteiger partial charge is 0.396 e.